The van der Waals surface area contributed by atoms with Crippen molar-refractivity contribution in [3.8, 4) is 0 Å². The first-order valence-corrected chi connectivity index (χ1v) is 14.9. The van der Waals surface area contributed by atoms with E-state index in [-0.39, 0.29) is 50.7 Å². The first-order chi connectivity index (χ1) is 17.3. The SMILES string of the molecule is CC(C)c1cc(C(C)C)c(NCCNCCNc2c(C(C)C)cc(C(C)C)cc2C(C)C)c(C(C)C)c1.[Br-].[Br-].[Co+2]. The molecule has 0 heterocycles. The van der Waals surface area contributed by atoms with Crippen LogP contribution < -0.4 is 49.9 Å². The van der Waals surface area contributed by atoms with Gasteiger partial charge < -0.3 is 49.9 Å². The van der Waals surface area contributed by atoms with Gasteiger partial charge in [-0.25, -0.2) is 0 Å². The van der Waals surface area contributed by atoms with E-state index in [4.69, 9.17) is 0 Å². The van der Waals surface area contributed by atoms with Gasteiger partial charge in [0, 0.05) is 37.6 Å². The Morgan fingerprint density at radius 3 is 0.875 bits per heavy atom. The zero-order valence-electron chi connectivity index (χ0n) is 27.2. The van der Waals surface area contributed by atoms with Gasteiger partial charge in [-0.2, -0.15) is 0 Å². The van der Waals surface area contributed by atoms with Crippen LogP contribution in [-0.2, 0) is 16.8 Å². The topological polar surface area (TPSA) is 36.1 Å². The minimum atomic E-state index is 0. The second-order valence-electron chi connectivity index (χ2n) is 12.7. The maximum Gasteiger partial charge on any atom is 2.00 e. The summed E-state index contributed by atoms with van der Waals surface area (Å²) in [7, 11) is 0. The number of hydrogen-bond donors (Lipinski definition) is 3. The van der Waals surface area contributed by atoms with Crippen LogP contribution in [-0.4, -0.2) is 26.2 Å². The van der Waals surface area contributed by atoms with Crippen molar-refractivity contribution < 1.29 is 50.7 Å². The third kappa shape index (κ3) is 11.6. The third-order valence-electron chi connectivity index (χ3n) is 7.47. The summed E-state index contributed by atoms with van der Waals surface area (Å²) >= 11 is 0. The van der Waals surface area contributed by atoms with E-state index in [1.165, 1.54) is 44.8 Å². The summed E-state index contributed by atoms with van der Waals surface area (Å²) in [5.74, 6) is 3.11. The standard InChI is InChI=1S/C34H57N3.2BrH.Co/c1-21(2)27-17-29(23(5)6)33(30(18-27)24(7)8)36-15-13-35-14-16-37-34-31(25(9)10)19-28(22(3)4)20-32(34)26(11)12;;;/h17-26,35-37H,13-16H2,1-12H3;2*1H;/q;;;+2/p-2. The Bertz CT molecular complexity index is 863. The van der Waals surface area contributed by atoms with Gasteiger partial charge in [0.2, 0.25) is 0 Å². The summed E-state index contributed by atoms with van der Waals surface area (Å²) in [6.45, 7) is 31.4. The predicted octanol–water partition coefficient (Wildman–Crippen LogP) is 3.55. The minimum absolute atomic E-state index is 0. The molecule has 0 aliphatic heterocycles. The third-order valence-corrected chi connectivity index (χ3v) is 7.47. The van der Waals surface area contributed by atoms with Crippen molar-refractivity contribution >= 4 is 11.4 Å². The van der Waals surface area contributed by atoms with E-state index in [2.05, 4.69) is 123 Å². The predicted molar refractivity (Wildman–Crippen MR) is 167 cm³/mol. The number of halogens is 2. The summed E-state index contributed by atoms with van der Waals surface area (Å²) < 4.78 is 0. The van der Waals surface area contributed by atoms with Crippen LogP contribution in [0.3, 0.4) is 0 Å². The first kappa shape index (κ1) is 41.6. The molecular formula is C34H57Br2CoN3. The Balaban J connectivity index is 0. The number of anilines is 2. The molecule has 2 aromatic carbocycles. The molecule has 3 N–H and O–H groups in total. The summed E-state index contributed by atoms with van der Waals surface area (Å²) in [5.41, 5.74) is 11.4. The van der Waals surface area contributed by atoms with E-state index < -0.39 is 0 Å². The molecule has 0 spiro atoms. The zero-order chi connectivity index (χ0) is 27.9. The molecule has 0 aromatic heterocycles. The number of nitrogens with one attached hydrogen (secondary N) is 3. The molecule has 0 saturated carbocycles. The van der Waals surface area contributed by atoms with Gasteiger partial charge in [0.1, 0.15) is 0 Å². The molecule has 0 unspecified atom stereocenters. The smallest absolute Gasteiger partial charge is 1.00 e. The van der Waals surface area contributed by atoms with Crippen LogP contribution in [0.2, 0.25) is 0 Å². The number of hydrogen-bond acceptors (Lipinski definition) is 3. The van der Waals surface area contributed by atoms with Crippen LogP contribution in [0.15, 0.2) is 24.3 Å². The van der Waals surface area contributed by atoms with Crippen LogP contribution in [0, 0.1) is 0 Å². The second kappa shape index (κ2) is 19.6. The minimum Gasteiger partial charge on any atom is -1.00 e. The van der Waals surface area contributed by atoms with Gasteiger partial charge in [0.25, 0.3) is 0 Å². The molecule has 0 aliphatic carbocycles. The van der Waals surface area contributed by atoms with Gasteiger partial charge >= 0.3 is 16.8 Å². The molecule has 40 heavy (non-hydrogen) atoms. The second-order valence-corrected chi connectivity index (χ2v) is 12.7. The van der Waals surface area contributed by atoms with Gasteiger partial charge in [-0.15, -0.1) is 0 Å². The molecule has 0 fully saturated rings. The molecule has 0 aliphatic rings. The van der Waals surface area contributed by atoms with Crippen molar-refractivity contribution in [1.82, 2.24) is 5.32 Å². The van der Waals surface area contributed by atoms with E-state index >= 15 is 0 Å². The maximum atomic E-state index is 3.80. The van der Waals surface area contributed by atoms with Gasteiger partial charge in [0.15, 0.2) is 0 Å². The van der Waals surface area contributed by atoms with Crippen molar-refractivity contribution in [2.75, 3.05) is 36.8 Å². The van der Waals surface area contributed by atoms with E-state index in [1.54, 1.807) is 0 Å². The quantitative estimate of drug-likeness (QED) is 0.261. The molecule has 1 radical (unpaired) electrons. The fourth-order valence-corrected chi connectivity index (χ4v) is 5.00. The molecule has 0 amide bonds. The molecule has 0 saturated heterocycles. The Kier molecular flexibility index (Phi) is 20.4. The Labute approximate surface area is 279 Å². The maximum absolute atomic E-state index is 3.80. The first-order valence-electron chi connectivity index (χ1n) is 14.9. The zero-order valence-corrected chi connectivity index (χ0v) is 31.4. The van der Waals surface area contributed by atoms with Crippen molar-refractivity contribution in [3.05, 3.63) is 57.6 Å². The van der Waals surface area contributed by atoms with Crippen molar-refractivity contribution in [2.45, 2.75) is 119 Å². The van der Waals surface area contributed by atoms with Crippen LogP contribution >= 0.6 is 0 Å². The number of benzene rings is 2. The van der Waals surface area contributed by atoms with Crippen molar-refractivity contribution in [2.24, 2.45) is 0 Å². The van der Waals surface area contributed by atoms with Crippen LogP contribution in [0.25, 0.3) is 0 Å². The monoisotopic (exact) mass is 724 g/mol. The fraction of sp³-hybridized carbons (Fsp3) is 0.647. The normalized spacial score (nSPS) is 11.2. The summed E-state index contributed by atoms with van der Waals surface area (Å²) in [6, 6.07) is 9.68. The van der Waals surface area contributed by atoms with E-state index in [9.17, 15) is 0 Å². The van der Waals surface area contributed by atoms with Crippen LogP contribution in [0.5, 0.6) is 0 Å². The number of rotatable bonds is 14. The average Bonchev–Trinajstić information content (AvgIpc) is 2.81. The van der Waals surface area contributed by atoms with E-state index in [0.717, 1.165) is 26.2 Å². The Morgan fingerprint density at radius 1 is 0.425 bits per heavy atom. The summed E-state index contributed by atoms with van der Waals surface area (Å²) in [5, 5.41) is 11.3. The molecule has 0 atom stereocenters. The molecule has 3 nitrogen and oxygen atoms in total. The van der Waals surface area contributed by atoms with Gasteiger partial charge in [-0.3, -0.25) is 0 Å². The van der Waals surface area contributed by atoms with Crippen LogP contribution in [0.1, 0.15) is 152 Å². The van der Waals surface area contributed by atoms with E-state index in [0.29, 0.717) is 35.5 Å². The molecule has 0 bridgehead atoms. The molecule has 2 rings (SSSR count). The van der Waals surface area contributed by atoms with E-state index in [1.807, 2.05) is 0 Å². The van der Waals surface area contributed by atoms with Crippen molar-refractivity contribution in [1.29, 1.82) is 0 Å². The van der Waals surface area contributed by atoms with Crippen molar-refractivity contribution in [3.63, 3.8) is 0 Å². The Morgan fingerprint density at radius 2 is 0.675 bits per heavy atom. The summed E-state index contributed by atoms with van der Waals surface area (Å²) in [4.78, 5) is 0. The average molecular weight is 727 g/mol. The summed E-state index contributed by atoms with van der Waals surface area (Å²) in [6.07, 6.45) is 0. The van der Waals surface area contributed by atoms with Crippen LogP contribution in [0.4, 0.5) is 11.4 Å². The van der Waals surface area contributed by atoms with Gasteiger partial charge in [-0.1, -0.05) is 107 Å². The molecule has 2 aromatic rings. The molecule has 231 valence electrons. The van der Waals surface area contributed by atoms with Gasteiger partial charge in [-0.05, 0) is 68.9 Å². The van der Waals surface area contributed by atoms with Gasteiger partial charge in [0.05, 0.1) is 0 Å². The molecular weight excluding hydrogens is 669 g/mol. The fourth-order valence-electron chi connectivity index (χ4n) is 5.00. The largest absolute Gasteiger partial charge is 2.00 e. The Hall–Kier alpha value is -0.534. The molecule has 6 heteroatoms.